The van der Waals surface area contributed by atoms with Crippen molar-refractivity contribution in [3.63, 3.8) is 0 Å². The molecule has 1 amide bonds. The summed E-state index contributed by atoms with van der Waals surface area (Å²) in [6.45, 7) is -0.241. The lowest BCUT2D eigenvalue weighted by Crippen LogP contribution is -2.18. The average molecular weight is 269 g/mol. The Morgan fingerprint density at radius 1 is 1.40 bits per heavy atom. The van der Waals surface area contributed by atoms with Gasteiger partial charge in [0.05, 0.1) is 0 Å². The number of hydrogen-bond donors (Lipinski definition) is 3. The van der Waals surface area contributed by atoms with Crippen LogP contribution in [0.25, 0.3) is 0 Å². The summed E-state index contributed by atoms with van der Waals surface area (Å²) >= 11 is 0. The van der Waals surface area contributed by atoms with Gasteiger partial charge in [-0.1, -0.05) is 17.9 Å². The Labute approximate surface area is 114 Å². The molecular weight excluding hydrogens is 258 g/mol. The van der Waals surface area contributed by atoms with E-state index < -0.39 is 5.91 Å². The van der Waals surface area contributed by atoms with Gasteiger partial charge in [-0.25, -0.2) is 4.98 Å². The second kappa shape index (κ2) is 6.31. The zero-order chi connectivity index (χ0) is 14.4. The highest BCUT2D eigenvalue weighted by molar-refractivity contribution is 6.02. The molecule has 0 aliphatic rings. The van der Waals surface area contributed by atoms with Crippen molar-refractivity contribution >= 4 is 11.7 Å². The van der Waals surface area contributed by atoms with Gasteiger partial charge in [0.15, 0.2) is 0 Å². The Morgan fingerprint density at radius 2 is 2.25 bits per heavy atom. The Kier molecular flexibility index (Phi) is 4.27. The van der Waals surface area contributed by atoms with Crippen LogP contribution in [0.15, 0.2) is 41.3 Å². The number of nitrogens with one attached hydrogen (secondary N) is 2. The van der Waals surface area contributed by atoms with Crippen molar-refractivity contribution in [2.75, 3.05) is 11.9 Å². The van der Waals surface area contributed by atoms with Crippen LogP contribution in [0.5, 0.6) is 0 Å². The number of aliphatic hydroxyl groups excluding tert-OH is 1. The molecule has 3 N–H and O–H groups in total. The summed E-state index contributed by atoms with van der Waals surface area (Å²) in [6, 6.07) is 7.53. The number of hydrogen-bond acceptors (Lipinski definition) is 4. The summed E-state index contributed by atoms with van der Waals surface area (Å²) in [5, 5.41) is 11.2. The Hall–Kier alpha value is -2.91. The van der Waals surface area contributed by atoms with Gasteiger partial charge in [-0.2, -0.15) is 0 Å². The maximum atomic E-state index is 11.9. The number of amides is 1. The molecule has 0 saturated carbocycles. The summed E-state index contributed by atoms with van der Waals surface area (Å²) in [6.07, 6.45) is 1.49. The third-order valence-corrected chi connectivity index (χ3v) is 2.33. The number of anilines is 1. The number of rotatable bonds is 2. The van der Waals surface area contributed by atoms with Gasteiger partial charge in [0.1, 0.15) is 18.1 Å². The topological polar surface area (TPSA) is 95.1 Å². The number of H-pyrrole nitrogens is 1. The van der Waals surface area contributed by atoms with Gasteiger partial charge in [0, 0.05) is 17.8 Å². The molecule has 2 heterocycles. The van der Waals surface area contributed by atoms with Gasteiger partial charge in [-0.15, -0.1) is 0 Å². The average Bonchev–Trinajstić information content (AvgIpc) is 2.45. The van der Waals surface area contributed by atoms with E-state index in [4.69, 9.17) is 5.11 Å². The number of aliphatic hydroxyl groups is 1. The number of carbonyl (C=O) groups excluding carboxylic acids is 1. The first-order valence-corrected chi connectivity index (χ1v) is 5.75. The molecular formula is C14H11N3O3. The van der Waals surface area contributed by atoms with Crippen LogP contribution in [-0.2, 0) is 0 Å². The molecule has 0 aliphatic carbocycles. The molecule has 0 unspecified atom stereocenters. The molecule has 0 saturated heterocycles. The smallest absolute Gasteiger partial charge is 0.273 e. The quantitative estimate of drug-likeness (QED) is 0.686. The standard InChI is InChI=1S/C14H11N3O3/c18-8-2-3-10-6-7-15-12(9-10)17-14(20)11-4-1-5-13(19)16-11/h1,4-7,9,18H,8H2,(H,16,19)(H,15,17,20). The summed E-state index contributed by atoms with van der Waals surface area (Å²) in [5.41, 5.74) is 0.408. The molecule has 0 fully saturated rings. The lowest BCUT2D eigenvalue weighted by molar-refractivity contribution is 0.102. The first-order chi connectivity index (χ1) is 9.69. The van der Waals surface area contributed by atoms with E-state index in [1.165, 1.54) is 24.4 Å². The van der Waals surface area contributed by atoms with Crippen LogP contribution in [0.1, 0.15) is 16.1 Å². The van der Waals surface area contributed by atoms with Gasteiger partial charge in [-0.05, 0) is 18.2 Å². The van der Waals surface area contributed by atoms with Crippen LogP contribution in [0.2, 0.25) is 0 Å². The monoisotopic (exact) mass is 269 g/mol. The first-order valence-electron chi connectivity index (χ1n) is 5.75. The highest BCUT2D eigenvalue weighted by Gasteiger charge is 2.07. The molecule has 100 valence electrons. The van der Waals surface area contributed by atoms with Gasteiger partial charge >= 0.3 is 0 Å². The summed E-state index contributed by atoms with van der Waals surface area (Å²) < 4.78 is 0. The highest BCUT2D eigenvalue weighted by Crippen LogP contribution is 2.07. The minimum absolute atomic E-state index is 0.145. The second-order valence-corrected chi connectivity index (χ2v) is 3.77. The SMILES string of the molecule is O=C(Nc1cc(C#CCO)ccn1)c1cccc(=O)[nH]1. The first kappa shape index (κ1) is 13.5. The van der Waals surface area contributed by atoms with Crippen molar-refractivity contribution in [1.82, 2.24) is 9.97 Å². The fourth-order valence-corrected chi connectivity index (χ4v) is 1.48. The Morgan fingerprint density at radius 3 is 3.00 bits per heavy atom. The van der Waals surface area contributed by atoms with E-state index in [1.807, 2.05) is 0 Å². The van der Waals surface area contributed by atoms with Crippen molar-refractivity contribution in [3.05, 3.63) is 58.1 Å². The van der Waals surface area contributed by atoms with Crippen LogP contribution < -0.4 is 10.9 Å². The van der Waals surface area contributed by atoms with Crippen molar-refractivity contribution in [1.29, 1.82) is 0 Å². The minimum atomic E-state index is -0.470. The van der Waals surface area contributed by atoms with Crippen molar-refractivity contribution in [3.8, 4) is 11.8 Å². The predicted molar refractivity (Wildman–Crippen MR) is 73.2 cm³/mol. The van der Waals surface area contributed by atoms with Crippen molar-refractivity contribution in [2.24, 2.45) is 0 Å². The van der Waals surface area contributed by atoms with Crippen LogP contribution in [-0.4, -0.2) is 27.6 Å². The fraction of sp³-hybridized carbons (Fsp3) is 0.0714. The maximum absolute atomic E-state index is 11.9. The van der Waals surface area contributed by atoms with Gasteiger partial charge in [0.25, 0.3) is 5.91 Å². The molecule has 2 aromatic rings. The molecule has 0 aliphatic heterocycles. The normalized spacial score (nSPS) is 9.45. The lowest BCUT2D eigenvalue weighted by Gasteiger charge is -2.04. The third kappa shape index (κ3) is 3.54. The highest BCUT2D eigenvalue weighted by atomic mass is 16.2. The lowest BCUT2D eigenvalue weighted by atomic mass is 10.2. The number of aromatic amines is 1. The number of nitrogens with zero attached hydrogens (tertiary/aromatic N) is 1. The largest absolute Gasteiger partial charge is 0.384 e. The fourth-order valence-electron chi connectivity index (χ4n) is 1.48. The van der Waals surface area contributed by atoms with E-state index in [2.05, 4.69) is 27.1 Å². The van der Waals surface area contributed by atoms with Crippen LogP contribution in [0.4, 0.5) is 5.82 Å². The van der Waals surface area contributed by atoms with Crippen molar-refractivity contribution < 1.29 is 9.90 Å². The molecule has 0 aromatic carbocycles. The summed E-state index contributed by atoms with van der Waals surface area (Å²) in [7, 11) is 0. The van der Waals surface area contributed by atoms with E-state index >= 15 is 0 Å². The summed E-state index contributed by atoms with van der Waals surface area (Å²) in [4.78, 5) is 29.4. The molecule has 2 aromatic heterocycles. The van der Waals surface area contributed by atoms with Gasteiger partial charge < -0.3 is 15.4 Å². The molecule has 0 bridgehead atoms. The Balaban J connectivity index is 2.17. The summed E-state index contributed by atoms with van der Waals surface area (Å²) in [5.74, 6) is 5.05. The molecule has 0 atom stereocenters. The zero-order valence-electron chi connectivity index (χ0n) is 10.4. The van der Waals surface area contributed by atoms with E-state index in [-0.39, 0.29) is 17.9 Å². The Bertz CT molecular complexity index is 741. The van der Waals surface area contributed by atoms with E-state index in [0.717, 1.165) is 0 Å². The minimum Gasteiger partial charge on any atom is -0.384 e. The number of aromatic nitrogens is 2. The van der Waals surface area contributed by atoms with E-state index in [9.17, 15) is 9.59 Å². The molecule has 6 heteroatoms. The number of carbonyl (C=O) groups is 1. The molecule has 20 heavy (non-hydrogen) atoms. The molecule has 2 rings (SSSR count). The van der Waals surface area contributed by atoms with Gasteiger partial charge in [-0.3, -0.25) is 9.59 Å². The predicted octanol–water partition coefficient (Wildman–Crippen LogP) is 0.366. The van der Waals surface area contributed by atoms with Gasteiger partial charge in [0.2, 0.25) is 5.56 Å². The number of pyridine rings is 2. The van der Waals surface area contributed by atoms with Crippen LogP contribution >= 0.6 is 0 Å². The van der Waals surface area contributed by atoms with Crippen LogP contribution in [0.3, 0.4) is 0 Å². The van der Waals surface area contributed by atoms with Crippen LogP contribution in [0, 0.1) is 11.8 Å². The van der Waals surface area contributed by atoms with E-state index in [1.54, 1.807) is 12.1 Å². The molecule has 0 spiro atoms. The van der Waals surface area contributed by atoms with E-state index in [0.29, 0.717) is 11.4 Å². The third-order valence-electron chi connectivity index (χ3n) is 2.33. The van der Waals surface area contributed by atoms with Crippen molar-refractivity contribution in [2.45, 2.75) is 0 Å². The molecule has 6 nitrogen and oxygen atoms in total. The zero-order valence-corrected chi connectivity index (χ0v) is 10.4. The maximum Gasteiger partial charge on any atom is 0.273 e. The second-order valence-electron chi connectivity index (χ2n) is 3.77. The molecule has 0 radical (unpaired) electrons.